The van der Waals surface area contributed by atoms with E-state index in [9.17, 15) is 0 Å². The molecule has 0 spiro atoms. The van der Waals surface area contributed by atoms with E-state index in [1.165, 1.54) is 0 Å². The summed E-state index contributed by atoms with van der Waals surface area (Å²) in [5, 5.41) is 4.60. The van der Waals surface area contributed by atoms with Gasteiger partial charge in [-0.1, -0.05) is 23.2 Å². The predicted octanol–water partition coefficient (Wildman–Crippen LogP) is 4.14. The highest BCUT2D eigenvalue weighted by Gasteiger charge is 2.04. The van der Waals surface area contributed by atoms with Gasteiger partial charge in [0.05, 0.1) is 23.4 Å². The van der Waals surface area contributed by atoms with E-state index < -0.39 is 0 Å². The van der Waals surface area contributed by atoms with Crippen molar-refractivity contribution in [3.05, 3.63) is 27.7 Å². The summed E-state index contributed by atoms with van der Waals surface area (Å²) in [6, 6.07) is 3.70. The Morgan fingerprint density at radius 1 is 1.25 bits per heavy atom. The molecule has 0 radical (unpaired) electrons. The van der Waals surface area contributed by atoms with Crippen LogP contribution in [0.25, 0.3) is 0 Å². The fraction of sp³-hybridized carbons (Fsp3) is 0.500. The molecule has 0 bridgehead atoms. The van der Waals surface area contributed by atoms with Gasteiger partial charge in [0.2, 0.25) is 0 Å². The molecule has 0 heterocycles. The van der Waals surface area contributed by atoms with E-state index in [0.717, 1.165) is 22.8 Å². The summed E-state index contributed by atoms with van der Waals surface area (Å²) < 4.78 is 5.42. The van der Waals surface area contributed by atoms with Crippen molar-refractivity contribution in [3.8, 4) is 0 Å². The summed E-state index contributed by atoms with van der Waals surface area (Å²) in [6.07, 6.45) is 0.249. The molecule has 0 saturated heterocycles. The third kappa shape index (κ3) is 4.20. The van der Waals surface area contributed by atoms with Crippen molar-refractivity contribution in [2.24, 2.45) is 0 Å². The second kappa shape index (κ2) is 6.33. The summed E-state index contributed by atoms with van der Waals surface area (Å²) in [4.78, 5) is 0. The summed E-state index contributed by atoms with van der Waals surface area (Å²) in [5.74, 6) is 0. The zero-order chi connectivity index (χ0) is 12.1. The fourth-order valence-corrected chi connectivity index (χ4v) is 1.71. The molecule has 0 aliphatic carbocycles. The van der Waals surface area contributed by atoms with E-state index in [2.05, 4.69) is 5.32 Å². The van der Waals surface area contributed by atoms with Crippen LogP contribution in [0.5, 0.6) is 0 Å². The molecule has 0 aromatic heterocycles. The molecule has 4 heteroatoms. The molecular formula is C12H17Cl2NO. The number of nitrogens with one attached hydrogen (secondary N) is 1. The molecule has 0 atom stereocenters. The standard InChI is InChI=1S/C12H17Cl2NO/c1-8(2)16-5-4-15-12-7-10(13)9(3)6-11(12)14/h6-8,15H,4-5H2,1-3H3. The quantitative estimate of drug-likeness (QED) is 0.805. The number of anilines is 1. The van der Waals surface area contributed by atoms with Gasteiger partial charge in [0.15, 0.2) is 0 Å². The summed E-state index contributed by atoms with van der Waals surface area (Å²) >= 11 is 12.1. The zero-order valence-electron chi connectivity index (χ0n) is 9.81. The highest BCUT2D eigenvalue weighted by molar-refractivity contribution is 6.35. The molecule has 0 unspecified atom stereocenters. The third-order valence-electron chi connectivity index (χ3n) is 2.12. The lowest BCUT2D eigenvalue weighted by atomic mass is 10.2. The van der Waals surface area contributed by atoms with E-state index in [0.29, 0.717) is 11.6 Å². The van der Waals surface area contributed by atoms with Gasteiger partial charge in [-0.05, 0) is 38.5 Å². The number of rotatable bonds is 5. The first kappa shape index (κ1) is 13.6. The molecule has 0 saturated carbocycles. The van der Waals surface area contributed by atoms with Crippen molar-refractivity contribution >= 4 is 28.9 Å². The molecule has 1 rings (SSSR count). The molecule has 1 aromatic rings. The minimum Gasteiger partial charge on any atom is -0.381 e. The van der Waals surface area contributed by atoms with E-state index in [-0.39, 0.29) is 6.10 Å². The first-order chi connectivity index (χ1) is 7.50. The van der Waals surface area contributed by atoms with Crippen molar-refractivity contribution in [3.63, 3.8) is 0 Å². The summed E-state index contributed by atoms with van der Waals surface area (Å²) in [7, 11) is 0. The fourth-order valence-electron chi connectivity index (χ4n) is 1.26. The van der Waals surface area contributed by atoms with Gasteiger partial charge >= 0.3 is 0 Å². The Hall–Kier alpha value is -0.440. The number of halogens is 2. The average Bonchev–Trinajstić information content (AvgIpc) is 2.19. The van der Waals surface area contributed by atoms with Crippen LogP contribution in [0.1, 0.15) is 19.4 Å². The van der Waals surface area contributed by atoms with Crippen LogP contribution in [0.15, 0.2) is 12.1 Å². The monoisotopic (exact) mass is 261 g/mol. The predicted molar refractivity (Wildman–Crippen MR) is 70.8 cm³/mol. The molecule has 16 heavy (non-hydrogen) atoms. The Morgan fingerprint density at radius 2 is 1.94 bits per heavy atom. The molecule has 0 aliphatic heterocycles. The van der Waals surface area contributed by atoms with Crippen LogP contribution in [0.3, 0.4) is 0 Å². The van der Waals surface area contributed by atoms with E-state index in [1.807, 2.05) is 32.9 Å². The SMILES string of the molecule is Cc1cc(Cl)c(NCCOC(C)C)cc1Cl. The maximum Gasteiger partial charge on any atom is 0.0642 e. The van der Waals surface area contributed by atoms with Crippen molar-refractivity contribution in [1.29, 1.82) is 0 Å². The Kier molecular flexibility index (Phi) is 5.39. The second-order valence-electron chi connectivity index (χ2n) is 3.93. The average molecular weight is 262 g/mol. The number of hydrogen-bond acceptors (Lipinski definition) is 2. The van der Waals surface area contributed by atoms with Crippen LogP contribution in [0.4, 0.5) is 5.69 Å². The Morgan fingerprint density at radius 3 is 2.56 bits per heavy atom. The van der Waals surface area contributed by atoms with Gasteiger partial charge < -0.3 is 10.1 Å². The van der Waals surface area contributed by atoms with Gasteiger partial charge in [0, 0.05) is 11.6 Å². The highest BCUT2D eigenvalue weighted by atomic mass is 35.5. The summed E-state index contributed by atoms with van der Waals surface area (Å²) in [5.41, 5.74) is 1.83. The maximum atomic E-state index is 6.08. The third-order valence-corrected chi connectivity index (χ3v) is 2.84. The molecule has 0 fully saturated rings. The van der Waals surface area contributed by atoms with Gasteiger partial charge in [-0.2, -0.15) is 0 Å². The van der Waals surface area contributed by atoms with E-state index >= 15 is 0 Å². The first-order valence-electron chi connectivity index (χ1n) is 5.32. The molecule has 90 valence electrons. The molecular weight excluding hydrogens is 245 g/mol. The smallest absolute Gasteiger partial charge is 0.0642 e. The molecule has 1 aromatic carbocycles. The minimum absolute atomic E-state index is 0.249. The van der Waals surface area contributed by atoms with Crippen LogP contribution >= 0.6 is 23.2 Å². The number of benzene rings is 1. The second-order valence-corrected chi connectivity index (χ2v) is 4.74. The van der Waals surface area contributed by atoms with Gasteiger partial charge in [0.1, 0.15) is 0 Å². The van der Waals surface area contributed by atoms with Gasteiger partial charge in [0.25, 0.3) is 0 Å². The molecule has 2 nitrogen and oxygen atoms in total. The number of ether oxygens (including phenoxy) is 1. The molecule has 0 aliphatic rings. The Bertz CT molecular complexity index is 353. The zero-order valence-corrected chi connectivity index (χ0v) is 11.3. The highest BCUT2D eigenvalue weighted by Crippen LogP contribution is 2.28. The van der Waals surface area contributed by atoms with Crippen LogP contribution in [0.2, 0.25) is 10.0 Å². The summed E-state index contributed by atoms with van der Waals surface area (Å²) in [6.45, 7) is 7.32. The van der Waals surface area contributed by atoms with Gasteiger partial charge in [-0.25, -0.2) is 0 Å². The van der Waals surface area contributed by atoms with Crippen molar-refractivity contribution < 1.29 is 4.74 Å². The van der Waals surface area contributed by atoms with Crippen LogP contribution in [-0.4, -0.2) is 19.3 Å². The topological polar surface area (TPSA) is 21.3 Å². The van der Waals surface area contributed by atoms with Crippen molar-refractivity contribution in [2.45, 2.75) is 26.9 Å². The lowest BCUT2D eigenvalue weighted by Gasteiger charge is -2.12. The lowest BCUT2D eigenvalue weighted by molar-refractivity contribution is 0.0870. The largest absolute Gasteiger partial charge is 0.381 e. The number of aryl methyl sites for hydroxylation is 1. The number of hydrogen-bond donors (Lipinski definition) is 1. The maximum absolute atomic E-state index is 6.08. The van der Waals surface area contributed by atoms with Crippen LogP contribution in [0, 0.1) is 6.92 Å². The normalized spacial score (nSPS) is 10.9. The van der Waals surface area contributed by atoms with Crippen molar-refractivity contribution in [1.82, 2.24) is 0 Å². The minimum atomic E-state index is 0.249. The molecule has 1 N–H and O–H groups in total. The van der Waals surface area contributed by atoms with E-state index in [4.69, 9.17) is 27.9 Å². The van der Waals surface area contributed by atoms with Gasteiger partial charge in [-0.15, -0.1) is 0 Å². The van der Waals surface area contributed by atoms with Gasteiger partial charge in [-0.3, -0.25) is 0 Å². The Balaban J connectivity index is 2.51. The van der Waals surface area contributed by atoms with E-state index in [1.54, 1.807) is 0 Å². The van der Waals surface area contributed by atoms with Crippen LogP contribution < -0.4 is 5.32 Å². The van der Waals surface area contributed by atoms with Crippen LogP contribution in [-0.2, 0) is 4.74 Å². The lowest BCUT2D eigenvalue weighted by Crippen LogP contribution is -2.13. The van der Waals surface area contributed by atoms with Crippen molar-refractivity contribution in [2.75, 3.05) is 18.5 Å². The first-order valence-corrected chi connectivity index (χ1v) is 6.07. The Labute approximate surface area is 107 Å². The molecule has 0 amide bonds.